The first-order chi connectivity index (χ1) is 15.2. The third-order valence-corrected chi connectivity index (χ3v) is 7.54. The van der Waals surface area contributed by atoms with Crippen molar-refractivity contribution in [3.05, 3.63) is 64.3 Å². The lowest BCUT2D eigenvalue weighted by molar-refractivity contribution is -0.710. The van der Waals surface area contributed by atoms with Crippen LogP contribution in [0.5, 0.6) is 0 Å². The Labute approximate surface area is 191 Å². The molecule has 0 radical (unpaired) electrons. The van der Waals surface area contributed by atoms with Gasteiger partial charge < -0.3 is 10.6 Å². The summed E-state index contributed by atoms with van der Waals surface area (Å²) in [6, 6.07) is 9.48. The molecule has 1 aliphatic heterocycles. The lowest BCUT2D eigenvalue weighted by Gasteiger charge is -2.07. The van der Waals surface area contributed by atoms with E-state index in [1.54, 1.807) is 25.2 Å². The number of benzene rings is 1. The van der Waals surface area contributed by atoms with Crippen molar-refractivity contribution < 1.29 is 28.0 Å². The smallest absolute Gasteiger partial charge is 0.333 e. The number of nitrogens with zero attached hydrogens (tertiary/aromatic N) is 2. The minimum Gasteiger partial charge on any atom is -0.388 e. The minimum atomic E-state index is -4.07. The lowest BCUT2D eigenvalue weighted by atomic mass is 10.1. The molecule has 32 heavy (non-hydrogen) atoms. The van der Waals surface area contributed by atoms with Crippen LogP contribution in [-0.2, 0) is 10.0 Å². The number of carbonyl (C=O) groups is 2. The molecule has 2 amide bonds. The summed E-state index contributed by atoms with van der Waals surface area (Å²) in [6.45, 7) is 0. The quantitative estimate of drug-likeness (QED) is 0.317. The first-order valence-electron chi connectivity index (χ1n) is 8.97. The number of thiophene rings is 1. The number of hydrogen-bond donors (Lipinski definition) is 4. The van der Waals surface area contributed by atoms with Crippen LogP contribution in [0, 0.1) is 0 Å². The van der Waals surface area contributed by atoms with E-state index in [2.05, 4.69) is 15.6 Å². The summed E-state index contributed by atoms with van der Waals surface area (Å²) in [5.74, 6) is -0.406. The molecule has 3 heterocycles. The number of anilines is 2. The molecule has 1 aromatic carbocycles. The van der Waals surface area contributed by atoms with E-state index >= 15 is 0 Å². The number of carbonyl (C=O) groups excluding carboxylic acids is 2. The molecule has 4 rings (SSSR count). The average molecular weight is 493 g/mol. The number of fused-ring (bicyclic) bond motifs is 1. The molecule has 0 aliphatic carbocycles. The lowest BCUT2D eigenvalue weighted by Crippen LogP contribution is -2.34. The van der Waals surface area contributed by atoms with E-state index in [-0.39, 0.29) is 25.6 Å². The minimum absolute atomic E-state index is 0.0404. The molecule has 0 atom stereocenters. The van der Waals surface area contributed by atoms with Crippen molar-refractivity contribution in [1.82, 2.24) is 9.71 Å². The molecular formula is C19H15ClN5O5S2+. The summed E-state index contributed by atoms with van der Waals surface area (Å²) < 4.78 is 27.2. The average Bonchev–Trinajstić information content (AvgIpc) is 3.30. The molecule has 0 spiro atoms. The molecule has 0 saturated heterocycles. The molecule has 3 aromatic rings. The zero-order valence-electron chi connectivity index (χ0n) is 16.3. The van der Waals surface area contributed by atoms with Crippen LogP contribution in [0.2, 0.25) is 4.34 Å². The summed E-state index contributed by atoms with van der Waals surface area (Å²) in [5, 5.41) is 15.8. The van der Waals surface area contributed by atoms with Crippen molar-refractivity contribution >= 4 is 67.5 Å². The second-order valence-electron chi connectivity index (χ2n) is 6.52. The highest BCUT2D eigenvalue weighted by Crippen LogP contribution is 2.30. The molecule has 10 nitrogen and oxygen atoms in total. The van der Waals surface area contributed by atoms with Gasteiger partial charge in [-0.3, -0.25) is 10.0 Å². The monoisotopic (exact) mass is 492 g/mol. The van der Waals surface area contributed by atoms with E-state index in [9.17, 15) is 23.2 Å². The number of hydrogen-bond acceptors (Lipinski definition) is 8. The zero-order chi connectivity index (χ0) is 23.0. The van der Waals surface area contributed by atoms with Crippen LogP contribution in [0.15, 0.2) is 52.9 Å². The van der Waals surface area contributed by atoms with E-state index in [0.29, 0.717) is 11.3 Å². The van der Waals surface area contributed by atoms with Gasteiger partial charge in [0.2, 0.25) is 0 Å². The van der Waals surface area contributed by atoms with Gasteiger partial charge in [-0.05, 0) is 36.4 Å². The Morgan fingerprint density at radius 2 is 1.91 bits per heavy atom. The number of sulfonamides is 1. The molecule has 4 N–H and O–H groups in total. The topological polar surface area (TPSA) is 140 Å². The molecule has 0 fully saturated rings. The van der Waals surface area contributed by atoms with E-state index < -0.39 is 21.8 Å². The largest absolute Gasteiger partial charge is 0.388 e. The van der Waals surface area contributed by atoms with E-state index in [1.165, 1.54) is 30.5 Å². The maximum Gasteiger partial charge on any atom is 0.333 e. The fourth-order valence-corrected chi connectivity index (χ4v) is 5.39. The first kappa shape index (κ1) is 21.7. The summed E-state index contributed by atoms with van der Waals surface area (Å²) in [4.78, 5) is 28.9. The Morgan fingerprint density at radius 3 is 2.53 bits per heavy atom. The van der Waals surface area contributed by atoms with Crippen LogP contribution in [0.1, 0.15) is 16.1 Å². The number of aromatic nitrogens is 1. The van der Waals surface area contributed by atoms with Crippen molar-refractivity contribution in [3.8, 4) is 0 Å². The number of Topliss-reactive ketones (excluding diaryl/α,β-unsaturated/α-hetero) is 1. The van der Waals surface area contributed by atoms with Gasteiger partial charge in [0, 0.05) is 23.5 Å². The molecule has 2 aromatic heterocycles. The number of ketones is 1. The molecule has 0 bridgehead atoms. The van der Waals surface area contributed by atoms with Gasteiger partial charge in [0.15, 0.2) is 0 Å². The molecule has 0 saturated carbocycles. The normalized spacial score (nSPS) is 13.1. The fourth-order valence-electron chi connectivity index (χ4n) is 3.00. The highest BCUT2D eigenvalue weighted by Gasteiger charge is 2.41. The molecule has 1 aliphatic rings. The van der Waals surface area contributed by atoms with Gasteiger partial charge in [0.05, 0.1) is 16.2 Å². The Kier molecular flexibility index (Phi) is 5.59. The Bertz CT molecular complexity index is 1380. The van der Waals surface area contributed by atoms with Crippen molar-refractivity contribution in [2.75, 3.05) is 17.7 Å². The predicted molar refractivity (Wildman–Crippen MR) is 119 cm³/mol. The summed E-state index contributed by atoms with van der Waals surface area (Å²) in [5.41, 5.74) is 1.67. The van der Waals surface area contributed by atoms with Gasteiger partial charge in [0.1, 0.15) is 15.5 Å². The van der Waals surface area contributed by atoms with Crippen molar-refractivity contribution in [2.45, 2.75) is 4.21 Å². The van der Waals surface area contributed by atoms with Crippen LogP contribution in [-0.4, -0.2) is 47.9 Å². The number of nitrogens with one attached hydrogen (secondary N) is 3. The van der Waals surface area contributed by atoms with Crippen molar-refractivity contribution in [2.24, 2.45) is 0 Å². The number of urea groups is 1. The van der Waals surface area contributed by atoms with E-state index in [0.717, 1.165) is 21.8 Å². The third kappa shape index (κ3) is 4.02. The summed E-state index contributed by atoms with van der Waals surface area (Å²) in [6.07, 6.45) is 1.24. The molecular weight excluding hydrogens is 478 g/mol. The van der Waals surface area contributed by atoms with Crippen LogP contribution >= 0.6 is 22.9 Å². The Balaban J connectivity index is 1.50. The second kappa shape index (κ2) is 8.22. The highest BCUT2D eigenvalue weighted by atomic mass is 35.5. The van der Waals surface area contributed by atoms with E-state index in [1.807, 2.05) is 4.72 Å². The maximum absolute atomic E-state index is 12.7. The highest BCUT2D eigenvalue weighted by molar-refractivity contribution is 7.92. The van der Waals surface area contributed by atoms with Gasteiger partial charge in [-0.15, -0.1) is 11.3 Å². The van der Waals surface area contributed by atoms with Gasteiger partial charge in [-0.2, -0.15) is 0 Å². The Hall–Kier alpha value is -3.48. The fraction of sp³-hybridized carbons (Fsp3) is 0.0526. The third-order valence-electron chi connectivity index (χ3n) is 4.49. The van der Waals surface area contributed by atoms with Crippen LogP contribution in [0.4, 0.5) is 21.9 Å². The molecule has 164 valence electrons. The van der Waals surface area contributed by atoms with Gasteiger partial charge in [0.25, 0.3) is 21.5 Å². The van der Waals surface area contributed by atoms with Gasteiger partial charge in [-0.25, -0.2) is 22.9 Å². The number of halogens is 1. The predicted octanol–water partition coefficient (Wildman–Crippen LogP) is 3.07. The standard InChI is InChI=1S/C19H14ClN5O5S2/c1-21-10-2-4-12-14(8-10)25(28)17(18(12)26)13-5-3-11(9-22-13)23-19(27)24-32(29,30)16-7-6-15(20)31-16/h2-9,28H,1H3,(H2,21,24,26,27)/p+1. The zero-order valence-corrected chi connectivity index (χ0v) is 18.7. The first-order valence-corrected chi connectivity index (χ1v) is 11.7. The maximum atomic E-state index is 12.7. The summed E-state index contributed by atoms with van der Waals surface area (Å²) >= 11 is 6.55. The molecule has 13 heteroatoms. The van der Waals surface area contributed by atoms with E-state index in [4.69, 9.17) is 11.6 Å². The number of pyridine rings is 1. The number of rotatable bonds is 5. The number of amides is 2. The summed E-state index contributed by atoms with van der Waals surface area (Å²) in [7, 11) is -2.36. The van der Waals surface area contributed by atoms with Crippen LogP contribution in [0.3, 0.4) is 0 Å². The van der Waals surface area contributed by atoms with Crippen LogP contribution < -0.4 is 15.4 Å². The van der Waals surface area contributed by atoms with Gasteiger partial charge in [-0.1, -0.05) is 11.6 Å². The Morgan fingerprint density at radius 1 is 1.16 bits per heavy atom. The van der Waals surface area contributed by atoms with Crippen LogP contribution in [0.25, 0.3) is 0 Å². The van der Waals surface area contributed by atoms with Crippen molar-refractivity contribution in [1.29, 1.82) is 0 Å². The second-order valence-corrected chi connectivity index (χ2v) is 10.1. The van der Waals surface area contributed by atoms with Crippen molar-refractivity contribution in [3.63, 3.8) is 0 Å². The van der Waals surface area contributed by atoms with Gasteiger partial charge >= 0.3 is 11.7 Å². The SMILES string of the molecule is CNc1ccc2c(c1)[N+](O)=C(c1ccc(NC(=O)NS(=O)(=O)c3ccc(Cl)s3)cn1)C2=O. The molecule has 0 unspecified atom stereocenters.